The van der Waals surface area contributed by atoms with E-state index in [1.165, 1.54) is 0 Å². The van der Waals surface area contributed by atoms with E-state index < -0.39 is 5.97 Å². The molecule has 0 radical (unpaired) electrons. The average Bonchev–Trinajstić information content (AvgIpc) is 2.98. The van der Waals surface area contributed by atoms with Gasteiger partial charge in [0.05, 0.1) is 10.9 Å². The maximum atomic E-state index is 12.2. The van der Waals surface area contributed by atoms with Gasteiger partial charge in [-0.3, -0.25) is 4.79 Å². The van der Waals surface area contributed by atoms with E-state index in [0.717, 1.165) is 5.01 Å². The van der Waals surface area contributed by atoms with Crippen LogP contribution in [0.3, 0.4) is 0 Å². The van der Waals surface area contributed by atoms with E-state index >= 15 is 0 Å². The Hall–Kier alpha value is -1.63. The fourth-order valence-corrected chi connectivity index (χ4v) is 3.30. The Morgan fingerprint density at radius 2 is 2.38 bits per heavy atom. The minimum absolute atomic E-state index is 0.0463. The van der Waals surface area contributed by atoms with E-state index in [1.807, 2.05) is 19.2 Å². The minimum Gasteiger partial charge on any atom is -0.481 e. The molecule has 0 aliphatic carbocycles. The number of hydrogen-bond acceptors (Lipinski definition) is 4. The van der Waals surface area contributed by atoms with Crippen molar-refractivity contribution in [3.8, 4) is 0 Å². The first-order valence-electron chi connectivity index (χ1n) is 7.15. The lowest BCUT2D eigenvalue weighted by Gasteiger charge is -2.36. The number of rotatable bonds is 4. The molecule has 3 unspecified atom stereocenters. The number of amides is 2. The van der Waals surface area contributed by atoms with Gasteiger partial charge in [0.15, 0.2) is 0 Å². The second-order valence-corrected chi connectivity index (χ2v) is 6.49. The van der Waals surface area contributed by atoms with Crippen molar-refractivity contribution >= 4 is 23.3 Å². The molecule has 1 aromatic rings. The number of urea groups is 1. The van der Waals surface area contributed by atoms with Gasteiger partial charge in [0.25, 0.3) is 0 Å². The highest BCUT2D eigenvalue weighted by Gasteiger charge is 2.32. The summed E-state index contributed by atoms with van der Waals surface area (Å²) >= 11 is 1.58. The molecular formula is C14H21N3O3S. The molecule has 2 amide bonds. The number of carbonyl (C=O) groups excluding carboxylic acids is 1. The van der Waals surface area contributed by atoms with Gasteiger partial charge in [0.1, 0.15) is 0 Å². The number of hydrogen-bond donors (Lipinski definition) is 2. The SMILES string of the molecule is CC(CNC(=O)N1CCC(C(=O)O)CC1C)c1nccs1. The number of carbonyl (C=O) groups is 2. The predicted molar refractivity (Wildman–Crippen MR) is 80.5 cm³/mol. The first-order valence-corrected chi connectivity index (χ1v) is 8.03. The summed E-state index contributed by atoms with van der Waals surface area (Å²) in [7, 11) is 0. The van der Waals surface area contributed by atoms with Crippen molar-refractivity contribution in [2.45, 2.75) is 38.6 Å². The van der Waals surface area contributed by atoms with Crippen LogP contribution in [0.15, 0.2) is 11.6 Å². The zero-order valence-corrected chi connectivity index (χ0v) is 13.1. The molecule has 1 aliphatic rings. The van der Waals surface area contributed by atoms with Crippen molar-refractivity contribution in [1.82, 2.24) is 15.2 Å². The molecule has 1 aromatic heterocycles. The lowest BCUT2D eigenvalue weighted by Crippen LogP contribution is -2.50. The smallest absolute Gasteiger partial charge is 0.317 e. The number of nitrogens with one attached hydrogen (secondary N) is 1. The summed E-state index contributed by atoms with van der Waals surface area (Å²) in [5.41, 5.74) is 0. The number of thiazole rings is 1. The van der Waals surface area contributed by atoms with Crippen molar-refractivity contribution in [3.63, 3.8) is 0 Å². The first-order chi connectivity index (χ1) is 9.99. The van der Waals surface area contributed by atoms with Crippen molar-refractivity contribution in [2.75, 3.05) is 13.1 Å². The molecule has 3 atom stereocenters. The van der Waals surface area contributed by atoms with Crippen LogP contribution in [-0.2, 0) is 4.79 Å². The van der Waals surface area contributed by atoms with Gasteiger partial charge in [-0.25, -0.2) is 9.78 Å². The molecule has 6 nitrogen and oxygen atoms in total. The molecule has 1 fully saturated rings. The number of carboxylic acid groups (broad SMARTS) is 1. The lowest BCUT2D eigenvalue weighted by atomic mass is 9.92. The van der Waals surface area contributed by atoms with Crippen molar-refractivity contribution in [1.29, 1.82) is 0 Å². The van der Waals surface area contributed by atoms with Crippen LogP contribution in [0.25, 0.3) is 0 Å². The monoisotopic (exact) mass is 311 g/mol. The molecule has 0 bridgehead atoms. The molecule has 2 rings (SSSR count). The molecule has 21 heavy (non-hydrogen) atoms. The molecule has 2 N–H and O–H groups in total. The van der Waals surface area contributed by atoms with Crippen LogP contribution in [0.1, 0.15) is 37.6 Å². The van der Waals surface area contributed by atoms with Gasteiger partial charge >= 0.3 is 12.0 Å². The highest BCUT2D eigenvalue weighted by atomic mass is 32.1. The second-order valence-electron chi connectivity index (χ2n) is 5.56. The summed E-state index contributed by atoms with van der Waals surface area (Å²) in [5.74, 6) is -0.918. The third kappa shape index (κ3) is 3.93. The summed E-state index contributed by atoms with van der Waals surface area (Å²) in [4.78, 5) is 29.2. The fourth-order valence-electron chi connectivity index (χ4n) is 2.61. The van der Waals surface area contributed by atoms with Crippen LogP contribution in [-0.4, -0.2) is 46.1 Å². The molecule has 1 aliphatic heterocycles. The summed E-state index contributed by atoms with van der Waals surface area (Å²) < 4.78 is 0. The number of nitrogens with zero attached hydrogens (tertiary/aromatic N) is 2. The Morgan fingerprint density at radius 1 is 1.62 bits per heavy atom. The van der Waals surface area contributed by atoms with Gasteiger partial charge in [-0.2, -0.15) is 0 Å². The normalized spacial score (nSPS) is 23.6. The minimum atomic E-state index is -0.765. The highest BCUT2D eigenvalue weighted by molar-refractivity contribution is 7.09. The third-order valence-electron chi connectivity index (χ3n) is 3.92. The quantitative estimate of drug-likeness (QED) is 0.892. The van der Waals surface area contributed by atoms with Gasteiger partial charge in [-0.05, 0) is 19.8 Å². The van der Waals surface area contributed by atoms with E-state index in [4.69, 9.17) is 5.11 Å². The topological polar surface area (TPSA) is 82.5 Å². The zero-order chi connectivity index (χ0) is 15.4. The molecule has 2 heterocycles. The number of aliphatic carboxylic acids is 1. The summed E-state index contributed by atoms with van der Waals surface area (Å²) in [6.45, 7) is 4.96. The molecule has 7 heteroatoms. The third-order valence-corrected chi connectivity index (χ3v) is 4.93. The maximum absolute atomic E-state index is 12.2. The maximum Gasteiger partial charge on any atom is 0.317 e. The summed E-state index contributed by atoms with van der Waals surface area (Å²) in [6.07, 6.45) is 2.80. The van der Waals surface area contributed by atoms with Gasteiger partial charge in [0, 0.05) is 36.6 Å². The lowest BCUT2D eigenvalue weighted by molar-refractivity contribution is -0.143. The number of likely N-dealkylation sites (tertiary alicyclic amines) is 1. The number of piperidine rings is 1. The Bertz CT molecular complexity index is 492. The summed E-state index contributed by atoms with van der Waals surface area (Å²) in [6, 6.07) is -0.162. The second kappa shape index (κ2) is 6.89. The van der Waals surface area contributed by atoms with Gasteiger partial charge in [-0.15, -0.1) is 11.3 Å². The van der Waals surface area contributed by atoms with Gasteiger partial charge in [0.2, 0.25) is 0 Å². The van der Waals surface area contributed by atoms with E-state index in [9.17, 15) is 9.59 Å². The number of aromatic nitrogens is 1. The van der Waals surface area contributed by atoms with Crippen molar-refractivity contribution < 1.29 is 14.7 Å². The van der Waals surface area contributed by atoms with Crippen LogP contribution in [0.5, 0.6) is 0 Å². The predicted octanol–water partition coefficient (Wildman–Crippen LogP) is 2.14. The van der Waals surface area contributed by atoms with E-state index in [0.29, 0.717) is 25.9 Å². The Balaban J connectivity index is 1.82. The van der Waals surface area contributed by atoms with Crippen molar-refractivity contribution in [3.05, 3.63) is 16.6 Å². The van der Waals surface area contributed by atoms with Crippen LogP contribution >= 0.6 is 11.3 Å². The average molecular weight is 311 g/mol. The Labute approximate surface area is 128 Å². The molecule has 1 saturated heterocycles. The standard InChI is InChI=1S/C14H21N3O3S/c1-9(12-15-4-6-21-12)8-16-14(20)17-5-3-11(13(18)19)7-10(17)2/h4,6,9-11H,3,5,7-8H2,1-2H3,(H,16,20)(H,18,19). The van der Waals surface area contributed by atoms with Crippen LogP contribution in [0.2, 0.25) is 0 Å². The van der Waals surface area contributed by atoms with Crippen LogP contribution in [0.4, 0.5) is 4.79 Å². The Kier molecular flexibility index (Phi) is 5.17. The van der Waals surface area contributed by atoms with Crippen LogP contribution < -0.4 is 5.32 Å². The molecule has 0 saturated carbocycles. The fraction of sp³-hybridized carbons (Fsp3) is 0.643. The Morgan fingerprint density at radius 3 is 2.95 bits per heavy atom. The molecular weight excluding hydrogens is 290 g/mol. The molecule has 116 valence electrons. The summed E-state index contributed by atoms with van der Waals surface area (Å²) in [5, 5.41) is 14.9. The highest BCUT2D eigenvalue weighted by Crippen LogP contribution is 2.23. The van der Waals surface area contributed by atoms with E-state index in [-0.39, 0.29) is 23.9 Å². The van der Waals surface area contributed by atoms with Crippen LogP contribution in [0, 0.1) is 5.92 Å². The molecule has 0 spiro atoms. The zero-order valence-electron chi connectivity index (χ0n) is 12.3. The van der Waals surface area contributed by atoms with E-state index in [2.05, 4.69) is 10.3 Å². The first kappa shape index (κ1) is 15.8. The van der Waals surface area contributed by atoms with Gasteiger partial charge in [-0.1, -0.05) is 6.92 Å². The van der Waals surface area contributed by atoms with Gasteiger partial charge < -0.3 is 15.3 Å². The van der Waals surface area contributed by atoms with Crippen molar-refractivity contribution in [2.24, 2.45) is 5.92 Å². The molecule has 0 aromatic carbocycles. The van der Waals surface area contributed by atoms with E-state index in [1.54, 1.807) is 22.4 Å². The largest absolute Gasteiger partial charge is 0.481 e. The number of carboxylic acids is 1.